The second-order valence-corrected chi connectivity index (χ2v) is 2.02. The maximum absolute atomic E-state index is 8.69. The molecule has 0 saturated carbocycles. The van der Waals surface area contributed by atoms with Gasteiger partial charge in [-0.05, 0) is 0 Å². The van der Waals surface area contributed by atoms with Crippen molar-refractivity contribution in [3.63, 3.8) is 0 Å². The number of hydrogen-bond acceptors (Lipinski definition) is 6. The van der Waals surface area contributed by atoms with E-state index < -0.39 is 9.05 Å². The van der Waals surface area contributed by atoms with Crippen molar-refractivity contribution in [2.45, 2.75) is 0 Å². The minimum absolute atomic E-state index is 0. The number of hydrogen-bond donors (Lipinski definition) is 3. The van der Waals surface area contributed by atoms with E-state index in [9.17, 15) is 0 Å². The molecule has 11 heavy (non-hydrogen) atoms. The van der Waals surface area contributed by atoms with E-state index in [2.05, 4.69) is 0 Å². The van der Waals surface area contributed by atoms with E-state index in [0.717, 1.165) is 0 Å². The molecule has 0 amide bonds. The Morgan fingerprint density at radius 3 is 1.09 bits per heavy atom. The first-order chi connectivity index (χ1) is 3.91. The van der Waals surface area contributed by atoms with Crippen molar-refractivity contribution in [3.8, 4) is 0 Å². The van der Waals surface area contributed by atoms with Gasteiger partial charge in [0.15, 0.2) is 0 Å². The van der Waals surface area contributed by atoms with Gasteiger partial charge < -0.3 is 29.4 Å². The maximum Gasteiger partial charge on any atom is 2.00 e. The van der Waals surface area contributed by atoms with Gasteiger partial charge in [-0.2, -0.15) is 0 Å². The summed E-state index contributed by atoms with van der Waals surface area (Å²) >= 11 is 0. The van der Waals surface area contributed by atoms with E-state index in [1.165, 1.54) is 0 Å². The molecule has 0 aromatic carbocycles. The van der Waals surface area contributed by atoms with Crippen molar-refractivity contribution < 1.29 is 48.3 Å². The second-order valence-electron chi connectivity index (χ2n) is 0.971. The van der Waals surface area contributed by atoms with Crippen molar-refractivity contribution in [1.29, 1.82) is 0 Å². The smallest absolute Gasteiger partial charge is 0.861 e. The average Bonchev–Trinajstić information content (AvgIpc) is 1.61. The molecule has 9 heteroatoms. The minimum Gasteiger partial charge on any atom is -0.861 e. The molecule has 0 saturated heterocycles. The fraction of sp³-hybridized carbons (Fsp3) is 1.00. The van der Waals surface area contributed by atoms with Gasteiger partial charge >= 0.3 is 41.9 Å². The van der Waals surface area contributed by atoms with Crippen molar-refractivity contribution in [2.75, 3.05) is 13.2 Å². The SMILES string of the molecule is OCCO.[Li+].[Mg+2].[O-][Si]([O-])([O-])O. The van der Waals surface area contributed by atoms with Crippen molar-refractivity contribution in [1.82, 2.24) is 0 Å². The van der Waals surface area contributed by atoms with E-state index in [-0.39, 0.29) is 55.1 Å². The van der Waals surface area contributed by atoms with Crippen LogP contribution < -0.4 is 33.2 Å². The van der Waals surface area contributed by atoms with Gasteiger partial charge in [-0.3, -0.25) is 0 Å². The van der Waals surface area contributed by atoms with E-state index in [4.69, 9.17) is 29.4 Å². The van der Waals surface area contributed by atoms with Gasteiger partial charge in [0.2, 0.25) is 0 Å². The summed E-state index contributed by atoms with van der Waals surface area (Å²) in [6, 6.07) is 0. The second kappa shape index (κ2) is 13.9. The third-order valence-electron chi connectivity index (χ3n) is 0.1000. The number of rotatable bonds is 1. The van der Waals surface area contributed by atoms with E-state index in [1.54, 1.807) is 0 Å². The minimum atomic E-state index is -5.36. The van der Waals surface area contributed by atoms with Crippen LogP contribution in [0.15, 0.2) is 0 Å². The Bertz CT molecular complexity index is 51.0. The van der Waals surface area contributed by atoms with Gasteiger partial charge in [-0.25, -0.2) is 0 Å². The van der Waals surface area contributed by atoms with Crippen molar-refractivity contribution in [2.24, 2.45) is 0 Å². The molecule has 0 radical (unpaired) electrons. The third kappa shape index (κ3) is 181. The summed E-state index contributed by atoms with van der Waals surface area (Å²) in [4.78, 5) is 33.1. The Hall–Kier alpha value is 1.34. The summed E-state index contributed by atoms with van der Waals surface area (Å²) in [5.41, 5.74) is 0. The Balaban J connectivity index is -0.0000000383. The summed E-state index contributed by atoms with van der Waals surface area (Å²) in [5, 5.41) is 15.2. The zero-order valence-electron chi connectivity index (χ0n) is 6.19. The van der Waals surface area contributed by atoms with Crippen LogP contribution >= 0.6 is 0 Å². The van der Waals surface area contributed by atoms with Crippen molar-refractivity contribution >= 4 is 32.1 Å². The molecule has 0 aliphatic heterocycles. The fourth-order valence-corrected chi connectivity index (χ4v) is 0. The molecule has 6 nitrogen and oxygen atoms in total. The topological polar surface area (TPSA) is 130 Å². The average molecular weight is 186 g/mol. The monoisotopic (exact) mass is 186 g/mol. The standard InChI is InChI=1S/C2H6O2.Li.Mg.HO4Si/c3-1-2-4;;;1-5(2,3)4/h3-4H,1-2H2;;;1H/q;+1;+2;-3. The molecule has 3 N–H and O–H groups in total. The van der Waals surface area contributed by atoms with Gasteiger partial charge in [-0.15, -0.1) is 9.05 Å². The summed E-state index contributed by atoms with van der Waals surface area (Å²) in [6.07, 6.45) is 0. The molecule has 0 aromatic heterocycles. The summed E-state index contributed by atoms with van der Waals surface area (Å²) < 4.78 is 0. The Morgan fingerprint density at radius 1 is 1.00 bits per heavy atom. The quantitative estimate of drug-likeness (QED) is 0.349. The molecule has 0 spiro atoms. The molecular formula is C2H7LiMgO6Si. The van der Waals surface area contributed by atoms with Crippen LogP contribution in [0.2, 0.25) is 0 Å². The predicted octanol–water partition coefficient (Wildman–Crippen LogP) is -8.91. The molecule has 0 unspecified atom stereocenters. The first kappa shape index (κ1) is 22.8. The largest absolute Gasteiger partial charge is 2.00 e. The van der Waals surface area contributed by atoms with E-state index in [1.807, 2.05) is 0 Å². The molecule has 0 aliphatic rings. The molecule has 0 heterocycles. The first-order valence-electron chi connectivity index (χ1n) is 1.97. The Kier molecular flexibility index (Phi) is 28.8. The van der Waals surface area contributed by atoms with Crippen LogP contribution in [0.25, 0.3) is 0 Å². The Morgan fingerprint density at radius 2 is 1.09 bits per heavy atom. The van der Waals surface area contributed by atoms with Gasteiger partial charge in [0.25, 0.3) is 0 Å². The molecule has 58 valence electrons. The third-order valence-corrected chi connectivity index (χ3v) is 0.1000. The number of aliphatic hydroxyl groups excluding tert-OH is 2. The predicted molar refractivity (Wildman–Crippen MR) is 27.9 cm³/mol. The van der Waals surface area contributed by atoms with Gasteiger partial charge in [-0.1, -0.05) is 0 Å². The molecule has 0 fully saturated rings. The van der Waals surface area contributed by atoms with Crippen molar-refractivity contribution in [3.05, 3.63) is 0 Å². The maximum atomic E-state index is 8.69. The zero-order valence-corrected chi connectivity index (χ0v) is 8.60. The first-order valence-corrected chi connectivity index (χ1v) is 3.64. The van der Waals surface area contributed by atoms with Gasteiger partial charge in [0.1, 0.15) is 0 Å². The van der Waals surface area contributed by atoms with Crippen LogP contribution in [0.4, 0.5) is 0 Å². The van der Waals surface area contributed by atoms with Gasteiger partial charge in [0, 0.05) is 0 Å². The molecular weight excluding hydrogens is 179 g/mol. The normalized spacial score (nSPS) is 8.18. The van der Waals surface area contributed by atoms with Crippen LogP contribution in [0.3, 0.4) is 0 Å². The summed E-state index contributed by atoms with van der Waals surface area (Å²) in [5.74, 6) is 0. The summed E-state index contributed by atoms with van der Waals surface area (Å²) in [6.45, 7) is -0.250. The molecule has 0 bridgehead atoms. The molecule has 0 aliphatic carbocycles. The molecule has 0 atom stereocenters. The summed E-state index contributed by atoms with van der Waals surface area (Å²) in [7, 11) is -5.36. The molecule has 0 rings (SSSR count). The van der Waals surface area contributed by atoms with Crippen LogP contribution in [-0.4, -0.2) is 60.3 Å². The van der Waals surface area contributed by atoms with Gasteiger partial charge in [0.05, 0.1) is 13.2 Å². The van der Waals surface area contributed by atoms with Crippen LogP contribution in [-0.2, 0) is 0 Å². The fourth-order valence-electron chi connectivity index (χ4n) is 0. The van der Waals surface area contributed by atoms with Crippen LogP contribution in [0, 0.1) is 0 Å². The number of aliphatic hydroxyl groups is 2. The van der Waals surface area contributed by atoms with E-state index >= 15 is 0 Å². The zero-order chi connectivity index (χ0) is 7.91. The Labute approximate surface area is 93.3 Å². The van der Waals surface area contributed by atoms with Crippen LogP contribution in [0.1, 0.15) is 0 Å². The van der Waals surface area contributed by atoms with E-state index in [0.29, 0.717) is 0 Å². The molecule has 0 aromatic rings. The van der Waals surface area contributed by atoms with Crippen LogP contribution in [0.5, 0.6) is 0 Å².